The van der Waals surface area contributed by atoms with Crippen molar-refractivity contribution in [2.24, 2.45) is 5.10 Å². The van der Waals surface area contributed by atoms with Gasteiger partial charge in [0.05, 0.1) is 6.21 Å². The van der Waals surface area contributed by atoms with E-state index in [4.69, 9.17) is 14.2 Å². The predicted octanol–water partition coefficient (Wildman–Crippen LogP) is 4.64. The van der Waals surface area contributed by atoms with Gasteiger partial charge in [-0.2, -0.15) is 5.10 Å². The molecule has 1 aliphatic rings. The van der Waals surface area contributed by atoms with Crippen molar-refractivity contribution in [3.63, 3.8) is 0 Å². The van der Waals surface area contributed by atoms with Crippen molar-refractivity contribution in [3.05, 3.63) is 95.7 Å². The van der Waals surface area contributed by atoms with Crippen LogP contribution in [0.1, 0.15) is 16.7 Å². The molecule has 4 aromatic rings. The van der Waals surface area contributed by atoms with Crippen molar-refractivity contribution in [1.29, 1.82) is 0 Å². The summed E-state index contributed by atoms with van der Waals surface area (Å²) in [5.41, 5.74) is 6.24. The van der Waals surface area contributed by atoms with Gasteiger partial charge in [0.2, 0.25) is 6.79 Å². The number of carbonyl (C=O) groups is 1. The van der Waals surface area contributed by atoms with E-state index in [1.54, 1.807) is 12.3 Å². The molecule has 7 nitrogen and oxygen atoms in total. The zero-order valence-electron chi connectivity index (χ0n) is 17.7. The maximum atomic E-state index is 12.1. The van der Waals surface area contributed by atoms with Crippen LogP contribution in [0, 0.1) is 0 Å². The Balaban J connectivity index is 1.18. The Kier molecular flexibility index (Phi) is 5.75. The summed E-state index contributed by atoms with van der Waals surface area (Å²) < 4.78 is 16.5. The fourth-order valence-corrected chi connectivity index (χ4v) is 3.46. The summed E-state index contributed by atoms with van der Waals surface area (Å²) in [4.78, 5) is 15.3. The van der Waals surface area contributed by atoms with Gasteiger partial charge in [0.25, 0.3) is 5.91 Å². The largest absolute Gasteiger partial charge is 0.489 e. The molecule has 1 amide bonds. The maximum absolute atomic E-state index is 12.1. The van der Waals surface area contributed by atoms with Gasteiger partial charge >= 0.3 is 0 Å². The average molecular weight is 439 g/mol. The molecule has 0 atom stereocenters. The summed E-state index contributed by atoms with van der Waals surface area (Å²) in [6.45, 7) is 0.723. The van der Waals surface area contributed by atoms with Gasteiger partial charge in [0, 0.05) is 34.8 Å². The minimum Gasteiger partial charge on any atom is -0.489 e. The molecule has 2 heterocycles. The lowest BCUT2D eigenvalue weighted by Crippen LogP contribution is -2.13. The quantitative estimate of drug-likeness (QED) is 0.250. The summed E-state index contributed by atoms with van der Waals surface area (Å²) in [5, 5.41) is 5.04. The number of benzene rings is 3. The van der Waals surface area contributed by atoms with Gasteiger partial charge in [-0.1, -0.05) is 36.4 Å². The minimum absolute atomic E-state index is 0.216. The molecule has 0 bridgehead atoms. The molecular weight excluding hydrogens is 418 g/mol. The zero-order valence-corrected chi connectivity index (χ0v) is 17.7. The minimum atomic E-state index is -0.333. The van der Waals surface area contributed by atoms with Crippen molar-refractivity contribution < 1.29 is 19.0 Å². The summed E-state index contributed by atoms with van der Waals surface area (Å²) in [5.74, 6) is 1.82. The zero-order chi connectivity index (χ0) is 22.5. The van der Waals surface area contributed by atoms with Gasteiger partial charge in [-0.05, 0) is 41.5 Å². The number of aromatic amines is 1. The highest BCUT2D eigenvalue weighted by Crippen LogP contribution is 2.32. The molecule has 0 fully saturated rings. The molecule has 7 heteroatoms. The molecule has 164 valence electrons. The van der Waals surface area contributed by atoms with Crippen molar-refractivity contribution >= 4 is 29.1 Å². The first-order chi connectivity index (χ1) is 16.2. The number of H-pyrrole nitrogens is 1. The molecular formula is C26H21N3O4. The number of fused-ring (bicyclic) bond motifs is 2. The number of carbonyl (C=O) groups excluding carboxylic acids is 1. The van der Waals surface area contributed by atoms with E-state index in [2.05, 4.69) is 15.5 Å². The second-order valence-electron chi connectivity index (χ2n) is 7.41. The summed E-state index contributed by atoms with van der Waals surface area (Å²) in [6.07, 6.45) is 6.55. The third-order valence-corrected chi connectivity index (χ3v) is 5.14. The lowest BCUT2D eigenvalue weighted by atomic mass is 10.2. The van der Waals surface area contributed by atoms with Gasteiger partial charge < -0.3 is 19.2 Å². The molecule has 0 spiro atoms. The lowest BCUT2D eigenvalue weighted by Gasteiger charge is -2.06. The molecule has 0 radical (unpaired) electrons. The Morgan fingerprint density at radius 3 is 2.85 bits per heavy atom. The first-order valence-corrected chi connectivity index (χ1v) is 10.4. The maximum Gasteiger partial charge on any atom is 0.264 e. The summed E-state index contributed by atoms with van der Waals surface area (Å²) in [6, 6.07) is 21.3. The third kappa shape index (κ3) is 4.88. The molecule has 5 rings (SSSR count). The number of rotatable bonds is 7. The van der Waals surface area contributed by atoms with Crippen LogP contribution < -0.4 is 19.6 Å². The lowest BCUT2D eigenvalue weighted by molar-refractivity contribution is -0.116. The van der Waals surface area contributed by atoms with Crippen LogP contribution in [0.15, 0.2) is 84.1 Å². The molecule has 0 unspecified atom stereocenters. The average Bonchev–Trinajstić information content (AvgIpc) is 3.48. The molecule has 3 aromatic carbocycles. The smallest absolute Gasteiger partial charge is 0.264 e. The predicted molar refractivity (Wildman–Crippen MR) is 126 cm³/mol. The van der Waals surface area contributed by atoms with Crippen molar-refractivity contribution in [2.75, 3.05) is 6.79 Å². The molecule has 0 saturated heterocycles. The van der Waals surface area contributed by atoms with Crippen molar-refractivity contribution in [1.82, 2.24) is 10.4 Å². The van der Waals surface area contributed by atoms with Gasteiger partial charge in [0.1, 0.15) is 12.4 Å². The van der Waals surface area contributed by atoms with Crippen molar-refractivity contribution in [3.8, 4) is 17.2 Å². The second kappa shape index (κ2) is 9.32. The molecule has 0 saturated carbocycles. The molecule has 33 heavy (non-hydrogen) atoms. The SMILES string of the molecule is O=C(/C=C/c1ccc2c(c1)OCO2)N/N=C/c1c[nH]c2cc(OCc3ccccc3)ccc12. The fourth-order valence-electron chi connectivity index (χ4n) is 3.46. The van der Waals surface area contributed by atoms with E-state index in [0.717, 1.165) is 33.3 Å². The highest BCUT2D eigenvalue weighted by Gasteiger charge is 2.12. The Morgan fingerprint density at radius 2 is 1.94 bits per heavy atom. The van der Waals surface area contributed by atoms with E-state index in [0.29, 0.717) is 18.1 Å². The Labute approximate surface area is 190 Å². The highest BCUT2D eigenvalue weighted by atomic mass is 16.7. The molecule has 2 N–H and O–H groups in total. The van der Waals surface area contributed by atoms with Crippen molar-refractivity contribution in [2.45, 2.75) is 6.61 Å². The van der Waals surface area contributed by atoms with Gasteiger partial charge in [-0.3, -0.25) is 4.79 Å². The van der Waals surface area contributed by atoms with E-state index in [9.17, 15) is 4.79 Å². The van der Waals surface area contributed by atoms with Crippen LogP contribution in [-0.2, 0) is 11.4 Å². The first-order valence-electron chi connectivity index (χ1n) is 10.4. The van der Waals surface area contributed by atoms with Gasteiger partial charge in [0.15, 0.2) is 11.5 Å². The first kappa shape index (κ1) is 20.4. The van der Waals surface area contributed by atoms with Gasteiger partial charge in [-0.25, -0.2) is 5.43 Å². The van der Waals surface area contributed by atoms with Crippen LogP contribution in [0.4, 0.5) is 0 Å². The molecule has 1 aromatic heterocycles. The van der Waals surface area contributed by atoms with E-state index >= 15 is 0 Å². The Hall–Kier alpha value is -4.52. The number of hydrogen-bond acceptors (Lipinski definition) is 5. The summed E-state index contributed by atoms with van der Waals surface area (Å²) in [7, 11) is 0. The number of nitrogens with one attached hydrogen (secondary N) is 2. The Morgan fingerprint density at radius 1 is 1.06 bits per heavy atom. The van der Waals surface area contributed by atoms with E-state index in [-0.39, 0.29) is 12.7 Å². The standard InChI is InChI=1S/C26H21N3O4/c30-26(11-7-18-6-10-24-25(12-18)33-17-32-24)29-28-15-20-14-27-23-13-21(8-9-22(20)23)31-16-19-4-2-1-3-5-19/h1-15,27H,16-17H2,(H,29,30)/b11-7+,28-15+. The van der Waals surface area contributed by atoms with Crippen LogP contribution in [0.5, 0.6) is 17.2 Å². The summed E-state index contributed by atoms with van der Waals surface area (Å²) >= 11 is 0. The number of hydrazone groups is 1. The third-order valence-electron chi connectivity index (χ3n) is 5.14. The number of aromatic nitrogens is 1. The number of amides is 1. The highest BCUT2D eigenvalue weighted by molar-refractivity contribution is 6.00. The van der Waals surface area contributed by atoms with Crippen LogP contribution in [0.25, 0.3) is 17.0 Å². The van der Waals surface area contributed by atoms with Crippen LogP contribution in [-0.4, -0.2) is 23.9 Å². The van der Waals surface area contributed by atoms with E-state index in [1.807, 2.05) is 72.9 Å². The Bertz CT molecular complexity index is 1340. The normalized spacial score (nSPS) is 12.6. The van der Waals surface area contributed by atoms with Crippen LogP contribution in [0.3, 0.4) is 0 Å². The molecule has 0 aliphatic carbocycles. The number of ether oxygens (including phenoxy) is 3. The number of nitrogens with zero attached hydrogens (tertiary/aromatic N) is 1. The fraction of sp³-hybridized carbons (Fsp3) is 0.0769. The van der Waals surface area contributed by atoms with E-state index in [1.165, 1.54) is 6.08 Å². The second-order valence-corrected chi connectivity index (χ2v) is 7.41. The number of hydrogen-bond donors (Lipinski definition) is 2. The molecule has 1 aliphatic heterocycles. The van der Waals surface area contributed by atoms with Crippen LogP contribution >= 0.6 is 0 Å². The topological polar surface area (TPSA) is 84.9 Å². The van der Waals surface area contributed by atoms with Gasteiger partial charge in [-0.15, -0.1) is 0 Å². The van der Waals surface area contributed by atoms with E-state index < -0.39 is 0 Å². The van der Waals surface area contributed by atoms with Crippen LogP contribution in [0.2, 0.25) is 0 Å². The monoisotopic (exact) mass is 439 g/mol.